The Morgan fingerprint density at radius 2 is 1.92 bits per heavy atom. The number of hydrogen-bond acceptors (Lipinski definition) is 2. The van der Waals surface area contributed by atoms with Crippen molar-refractivity contribution in [3.05, 3.63) is 33.8 Å². The summed E-state index contributed by atoms with van der Waals surface area (Å²) in [6.45, 7) is 2.68. The van der Waals surface area contributed by atoms with Gasteiger partial charge in [0.25, 0.3) is 0 Å². The normalized spacial score (nSPS) is 10.8. The highest BCUT2D eigenvalue weighted by molar-refractivity contribution is 9.10. The van der Waals surface area contributed by atoms with Crippen LogP contribution in [-0.4, -0.2) is 17.3 Å². The SMILES string of the molecule is CCc1cc(Br)cc(CN(C)O)c1. The zero-order chi connectivity index (χ0) is 9.84. The predicted molar refractivity (Wildman–Crippen MR) is 56.8 cm³/mol. The zero-order valence-electron chi connectivity index (χ0n) is 7.92. The van der Waals surface area contributed by atoms with Gasteiger partial charge in [-0.3, -0.25) is 0 Å². The first-order valence-electron chi connectivity index (χ1n) is 4.30. The minimum absolute atomic E-state index is 0.562. The lowest BCUT2D eigenvalue weighted by molar-refractivity contribution is -0.0731. The molecule has 0 heterocycles. The van der Waals surface area contributed by atoms with Crippen LogP contribution in [0.2, 0.25) is 0 Å². The van der Waals surface area contributed by atoms with Crippen molar-refractivity contribution in [1.29, 1.82) is 0 Å². The van der Waals surface area contributed by atoms with Gasteiger partial charge in [0.1, 0.15) is 0 Å². The largest absolute Gasteiger partial charge is 0.314 e. The maximum Gasteiger partial charge on any atom is 0.0486 e. The van der Waals surface area contributed by atoms with Crippen molar-refractivity contribution in [3.8, 4) is 0 Å². The van der Waals surface area contributed by atoms with E-state index >= 15 is 0 Å². The summed E-state index contributed by atoms with van der Waals surface area (Å²) in [5.41, 5.74) is 2.41. The molecule has 3 heteroatoms. The van der Waals surface area contributed by atoms with E-state index in [9.17, 15) is 0 Å². The van der Waals surface area contributed by atoms with Crippen LogP contribution in [0, 0.1) is 0 Å². The Balaban J connectivity index is 2.88. The molecule has 0 saturated carbocycles. The Bertz CT molecular complexity index is 286. The van der Waals surface area contributed by atoms with E-state index in [1.165, 1.54) is 10.6 Å². The molecule has 72 valence electrons. The van der Waals surface area contributed by atoms with Crippen molar-refractivity contribution >= 4 is 15.9 Å². The summed E-state index contributed by atoms with van der Waals surface area (Å²) in [6, 6.07) is 6.23. The predicted octanol–water partition coefficient (Wildman–Crippen LogP) is 2.83. The molecule has 1 N–H and O–H groups in total. The van der Waals surface area contributed by atoms with Crippen LogP contribution in [0.25, 0.3) is 0 Å². The standard InChI is InChI=1S/C10H14BrNO/c1-3-8-4-9(7-12(2)13)6-10(11)5-8/h4-6,13H,3,7H2,1-2H3. The highest BCUT2D eigenvalue weighted by Crippen LogP contribution is 2.17. The average molecular weight is 244 g/mol. The summed E-state index contributed by atoms with van der Waals surface area (Å²) in [7, 11) is 1.65. The number of hydrogen-bond donors (Lipinski definition) is 1. The van der Waals surface area contributed by atoms with E-state index in [0.717, 1.165) is 16.5 Å². The van der Waals surface area contributed by atoms with Crippen LogP contribution in [0.15, 0.2) is 22.7 Å². The maximum atomic E-state index is 9.08. The first-order valence-corrected chi connectivity index (χ1v) is 5.09. The van der Waals surface area contributed by atoms with Gasteiger partial charge in [0.15, 0.2) is 0 Å². The van der Waals surface area contributed by atoms with Crippen LogP contribution in [0.1, 0.15) is 18.1 Å². The summed E-state index contributed by atoms with van der Waals surface area (Å²) in [6.07, 6.45) is 1.02. The van der Waals surface area contributed by atoms with E-state index in [2.05, 4.69) is 35.0 Å². The number of rotatable bonds is 3. The number of nitrogens with zero attached hydrogens (tertiary/aromatic N) is 1. The van der Waals surface area contributed by atoms with Gasteiger partial charge >= 0.3 is 0 Å². The molecule has 0 saturated heterocycles. The van der Waals surface area contributed by atoms with Crippen molar-refractivity contribution < 1.29 is 5.21 Å². The highest BCUT2D eigenvalue weighted by Gasteiger charge is 2.00. The molecule has 0 amide bonds. The molecule has 1 aromatic carbocycles. The molecule has 0 spiro atoms. The molecular weight excluding hydrogens is 230 g/mol. The first kappa shape index (κ1) is 10.7. The number of aryl methyl sites for hydroxylation is 1. The number of hydroxylamine groups is 2. The Kier molecular flexibility index (Phi) is 3.90. The fourth-order valence-electron chi connectivity index (χ4n) is 1.28. The monoisotopic (exact) mass is 243 g/mol. The van der Waals surface area contributed by atoms with E-state index in [4.69, 9.17) is 5.21 Å². The maximum absolute atomic E-state index is 9.08. The molecule has 0 aliphatic carbocycles. The van der Waals surface area contributed by atoms with Gasteiger partial charge < -0.3 is 5.21 Å². The molecule has 0 atom stereocenters. The molecule has 0 aromatic heterocycles. The lowest BCUT2D eigenvalue weighted by Gasteiger charge is -2.09. The molecule has 0 aliphatic rings. The van der Waals surface area contributed by atoms with Gasteiger partial charge in [-0.15, -0.1) is 0 Å². The Hall–Kier alpha value is -0.380. The second-order valence-electron chi connectivity index (χ2n) is 3.14. The third-order valence-electron chi connectivity index (χ3n) is 1.84. The third kappa shape index (κ3) is 3.46. The average Bonchev–Trinajstić information content (AvgIpc) is 2.01. The number of benzene rings is 1. The van der Waals surface area contributed by atoms with Gasteiger partial charge in [-0.2, -0.15) is 5.06 Å². The van der Waals surface area contributed by atoms with Gasteiger partial charge in [-0.05, 0) is 29.7 Å². The summed E-state index contributed by atoms with van der Waals surface area (Å²) in [5.74, 6) is 0. The lowest BCUT2D eigenvalue weighted by atomic mass is 10.1. The first-order chi connectivity index (χ1) is 6.11. The van der Waals surface area contributed by atoms with Crippen molar-refractivity contribution in [2.45, 2.75) is 19.9 Å². The van der Waals surface area contributed by atoms with Gasteiger partial charge in [0.2, 0.25) is 0 Å². The third-order valence-corrected chi connectivity index (χ3v) is 2.29. The molecule has 13 heavy (non-hydrogen) atoms. The molecular formula is C10H14BrNO. The van der Waals surface area contributed by atoms with Gasteiger partial charge in [-0.1, -0.05) is 28.9 Å². The molecule has 0 bridgehead atoms. The van der Waals surface area contributed by atoms with Crippen LogP contribution < -0.4 is 0 Å². The second-order valence-corrected chi connectivity index (χ2v) is 4.05. The zero-order valence-corrected chi connectivity index (χ0v) is 9.50. The van der Waals surface area contributed by atoms with Crippen molar-refractivity contribution in [2.75, 3.05) is 7.05 Å². The van der Waals surface area contributed by atoms with Crippen LogP contribution in [-0.2, 0) is 13.0 Å². The van der Waals surface area contributed by atoms with E-state index in [0.29, 0.717) is 6.54 Å². The van der Waals surface area contributed by atoms with Crippen LogP contribution in [0.3, 0.4) is 0 Å². The van der Waals surface area contributed by atoms with Gasteiger partial charge in [0, 0.05) is 18.1 Å². The van der Waals surface area contributed by atoms with Crippen molar-refractivity contribution in [1.82, 2.24) is 5.06 Å². The molecule has 0 fully saturated rings. The Labute approximate surface area is 87.3 Å². The summed E-state index contributed by atoms with van der Waals surface area (Å²) < 4.78 is 1.07. The van der Waals surface area contributed by atoms with E-state index in [1.54, 1.807) is 7.05 Å². The smallest absolute Gasteiger partial charge is 0.0486 e. The quantitative estimate of drug-likeness (QED) is 0.826. The van der Waals surface area contributed by atoms with Gasteiger partial charge in [-0.25, -0.2) is 0 Å². The summed E-state index contributed by atoms with van der Waals surface area (Å²) >= 11 is 3.44. The van der Waals surface area contributed by atoms with E-state index < -0.39 is 0 Å². The highest BCUT2D eigenvalue weighted by atomic mass is 79.9. The summed E-state index contributed by atoms with van der Waals surface area (Å²) in [4.78, 5) is 0. The Morgan fingerprint density at radius 3 is 2.46 bits per heavy atom. The fraction of sp³-hybridized carbons (Fsp3) is 0.400. The van der Waals surface area contributed by atoms with Gasteiger partial charge in [0.05, 0.1) is 0 Å². The molecule has 0 aliphatic heterocycles. The van der Waals surface area contributed by atoms with Crippen LogP contribution >= 0.6 is 15.9 Å². The number of halogens is 1. The molecule has 1 aromatic rings. The van der Waals surface area contributed by atoms with E-state index in [-0.39, 0.29) is 0 Å². The fourth-order valence-corrected chi connectivity index (χ4v) is 1.87. The molecule has 2 nitrogen and oxygen atoms in total. The lowest BCUT2D eigenvalue weighted by Crippen LogP contribution is -2.11. The second kappa shape index (κ2) is 4.74. The Morgan fingerprint density at radius 1 is 1.31 bits per heavy atom. The minimum atomic E-state index is 0.562. The van der Waals surface area contributed by atoms with Crippen molar-refractivity contribution in [2.24, 2.45) is 0 Å². The van der Waals surface area contributed by atoms with Crippen molar-refractivity contribution in [3.63, 3.8) is 0 Å². The molecule has 0 radical (unpaired) electrons. The summed E-state index contributed by atoms with van der Waals surface area (Å²) in [5, 5.41) is 10.3. The molecule has 0 unspecified atom stereocenters. The minimum Gasteiger partial charge on any atom is -0.314 e. The van der Waals surface area contributed by atoms with Crippen LogP contribution in [0.4, 0.5) is 0 Å². The van der Waals surface area contributed by atoms with E-state index in [1.807, 2.05) is 6.07 Å². The van der Waals surface area contributed by atoms with Crippen LogP contribution in [0.5, 0.6) is 0 Å². The topological polar surface area (TPSA) is 23.5 Å². The molecule has 1 rings (SSSR count).